The highest BCUT2D eigenvalue weighted by molar-refractivity contribution is 7.85. The van der Waals surface area contributed by atoms with Gasteiger partial charge in [0.2, 0.25) is 0 Å². The number of nitrogens with two attached hydrogens (primary N) is 1. The Morgan fingerprint density at radius 2 is 1.67 bits per heavy atom. The molecule has 0 amide bonds. The third kappa shape index (κ3) is 1.40. The normalized spacial score (nSPS) is 50.9. The van der Waals surface area contributed by atoms with Crippen molar-refractivity contribution in [2.45, 2.75) is 29.6 Å². The summed E-state index contributed by atoms with van der Waals surface area (Å²) < 4.78 is 11.0. The minimum absolute atomic E-state index is 0.741. The molecule has 12 heavy (non-hydrogen) atoms. The highest BCUT2D eigenvalue weighted by Crippen LogP contribution is 2.23. The second-order valence-electron chi connectivity index (χ2n) is 3.01. The lowest BCUT2D eigenvalue weighted by molar-refractivity contribution is -0.0200. The first-order chi connectivity index (χ1) is 5.46. The Hall–Kier alpha value is -0.0100. The van der Waals surface area contributed by atoms with Crippen LogP contribution in [-0.2, 0) is 10.8 Å². The van der Waals surface area contributed by atoms with Crippen LogP contribution in [0.3, 0.4) is 0 Å². The van der Waals surface area contributed by atoms with Crippen LogP contribution in [0.25, 0.3) is 0 Å². The topological polar surface area (TPSA) is 104 Å². The number of aliphatic hydroxyl groups is 3. The molecule has 0 heterocycles. The summed E-state index contributed by atoms with van der Waals surface area (Å²) in [6.07, 6.45) is -2.28. The third-order valence-corrected chi connectivity index (χ3v) is 3.55. The molecule has 5 nitrogen and oxygen atoms in total. The van der Waals surface area contributed by atoms with Crippen molar-refractivity contribution in [3.8, 4) is 0 Å². The van der Waals surface area contributed by atoms with E-state index in [4.69, 9.17) is 10.8 Å². The van der Waals surface area contributed by atoms with E-state index in [2.05, 4.69) is 0 Å². The van der Waals surface area contributed by atoms with Crippen LogP contribution in [0.15, 0.2) is 0 Å². The molecule has 72 valence electrons. The van der Waals surface area contributed by atoms with Gasteiger partial charge in [0.1, 0.15) is 6.10 Å². The molecule has 6 heteroatoms. The fourth-order valence-corrected chi connectivity index (χ4v) is 2.62. The second-order valence-corrected chi connectivity index (χ2v) is 4.55. The maximum Gasteiger partial charge on any atom is 0.108 e. The van der Waals surface area contributed by atoms with Gasteiger partial charge in [0.25, 0.3) is 0 Å². The first-order valence-electron chi connectivity index (χ1n) is 3.59. The zero-order chi connectivity index (χ0) is 9.46. The molecule has 1 aliphatic rings. The molecule has 0 aliphatic heterocycles. The summed E-state index contributed by atoms with van der Waals surface area (Å²) in [5.74, 6) is 0. The number of hydrogen-bond acceptors (Lipinski definition) is 5. The first-order valence-corrected chi connectivity index (χ1v) is 5.21. The lowest BCUT2D eigenvalue weighted by atomic mass is 10.2. The molecule has 0 bridgehead atoms. The molecule has 5 N–H and O–H groups in total. The molecular formula is C6H13NO4S. The van der Waals surface area contributed by atoms with Crippen molar-refractivity contribution in [3.05, 3.63) is 0 Å². The molecule has 0 aromatic heterocycles. The van der Waals surface area contributed by atoms with Gasteiger partial charge in [0.05, 0.1) is 23.5 Å². The van der Waals surface area contributed by atoms with Gasteiger partial charge in [-0.15, -0.1) is 0 Å². The lowest BCUT2D eigenvalue weighted by Crippen LogP contribution is -2.42. The SMILES string of the molecule is C[S@@](=O)[C@@H]1[C@@H](N)[C@@H](O)[C@@H](O)[C@H]1O. The summed E-state index contributed by atoms with van der Waals surface area (Å²) in [6.45, 7) is 0. The van der Waals surface area contributed by atoms with Crippen molar-refractivity contribution in [1.29, 1.82) is 0 Å². The van der Waals surface area contributed by atoms with Crippen LogP contribution in [-0.4, -0.2) is 55.4 Å². The molecule has 0 spiro atoms. The summed E-state index contributed by atoms with van der Waals surface area (Å²) in [7, 11) is -1.34. The molecular weight excluding hydrogens is 182 g/mol. The van der Waals surface area contributed by atoms with Crippen molar-refractivity contribution >= 4 is 10.8 Å². The van der Waals surface area contributed by atoms with Gasteiger partial charge in [-0.2, -0.15) is 0 Å². The summed E-state index contributed by atoms with van der Waals surface area (Å²) in [5.41, 5.74) is 5.44. The Balaban J connectivity index is 2.83. The quantitative estimate of drug-likeness (QED) is 0.361. The van der Waals surface area contributed by atoms with Gasteiger partial charge < -0.3 is 21.1 Å². The Kier molecular flexibility index (Phi) is 2.84. The monoisotopic (exact) mass is 195 g/mol. The minimum atomic E-state index is -1.34. The van der Waals surface area contributed by atoms with Crippen molar-refractivity contribution in [2.75, 3.05) is 6.26 Å². The van der Waals surface area contributed by atoms with E-state index in [1.54, 1.807) is 0 Å². The maximum atomic E-state index is 11.0. The fourth-order valence-electron chi connectivity index (χ4n) is 1.46. The average molecular weight is 195 g/mol. The van der Waals surface area contributed by atoms with Gasteiger partial charge in [0.15, 0.2) is 0 Å². The van der Waals surface area contributed by atoms with E-state index >= 15 is 0 Å². The van der Waals surface area contributed by atoms with E-state index in [0.717, 1.165) is 0 Å². The molecule has 0 aromatic rings. The van der Waals surface area contributed by atoms with Crippen molar-refractivity contribution in [1.82, 2.24) is 0 Å². The van der Waals surface area contributed by atoms with Gasteiger partial charge in [0, 0.05) is 17.1 Å². The predicted molar refractivity (Wildman–Crippen MR) is 43.9 cm³/mol. The first kappa shape index (κ1) is 10.1. The summed E-state index contributed by atoms with van der Waals surface area (Å²) >= 11 is 0. The molecule has 1 saturated carbocycles. The zero-order valence-electron chi connectivity index (χ0n) is 6.62. The van der Waals surface area contributed by atoms with Crippen LogP contribution in [0.5, 0.6) is 0 Å². The van der Waals surface area contributed by atoms with Crippen LogP contribution in [0, 0.1) is 0 Å². The Morgan fingerprint density at radius 1 is 1.17 bits per heavy atom. The molecule has 0 saturated heterocycles. The zero-order valence-corrected chi connectivity index (χ0v) is 7.44. The minimum Gasteiger partial charge on any atom is -0.389 e. The molecule has 0 unspecified atom stereocenters. The molecule has 6 atom stereocenters. The molecule has 0 aromatic carbocycles. The average Bonchev–Trinajstić information content (AvgIpc) is 2.16. The fraction of sp³-hybridized carbons (Fsp3) is 1.00. The van der Waals surface area contributed by atoms with Crippen LogP contribution >= 0.6 is 0 Å². The van der Waals surface area contributed by atoms with Gasteiger partial charge in [-0.25, -0.2) is 0 Å². The number of hydrogen-bond donors (Lipinski definition) is 4. The summed E-state index contributed by atoms with van der Waals surface area (Å²) in [6, 6.07) is -0.819. The maximum absolute atomic E-state index is 11.0. The van der Waals surface area contributed by atoms with Crippen LogP contribution in [0.4, 0.5) is 0 Å². The summed E-state index contributed by atoms with van der Waals surface area (Å²) in [4.78, 5) is 0. The van der Waals surface area contributed by atoms with Crippen molar-refractivity contribution in [3.63, 3.8) is 0 Å². The predicted octanol–water partition coefficient (Wildman–Crippen LogP) is -2.84. The third-order valence-electron chi connectivity index (χ3n) is 2.19. The van der Waals surface area contributed by atoms with E-state index in [-0.39, 0.29) is 0 Å². The van der Waals surface area contributed by atoms with Crippen LogP contribution < -0.4 is 5.73 Å². The highest BCUT2D eigenvalue weighted by atomic mass is 32.2. The van der Waals surface area contributed by atoms with Crippen molar-refractivity contribution < 1.29 is 19.5 Å². The molecule has 1 fully saturated rings. The smallest absolute Gasteiger partial charge is 0.108 e. The lowest BCUT2D eigenvalue weighted by Gasteiger charge is -2.15. The van der Waals surface area contributed by atoms with Gasteiger partial charge in [-0.05, 0) is 0 Å². The van der Waals surface area contributed by atoms with Crippen LogP contribution in [0.2, 0.25) is 0 Å². The molecule has 1 aliphatic carbocycles. The second kappa shape index (κ2) is 3.39. The number of rotatable bonds is 1. The van der Waals surface area contributed by atoms with Gasteiger partial charge >= 0.3 is 0 Å². The molecule has 1 rings (SSSR count). The Labute approximate surface area is 72.7 Å². The Bertz CT molecular complexity index is 186. The largest absolute Gasteiger partial charge is 0.389 e. The summed E-state index contributed by atoms with van der Waals surface area (Å²) in [5, 5.41) is 26.9. The van der Waals surface area contributed by atoms with E-state index in [1.165, 1.54) is 6.26 Å². The number of aliphatic hydroxyl groups excluding tert-OH is 3. The molecule has 0 radical (unpaired) electrons. The van der Waals surface area contributed by atoms with Gasteiger partial charge in [-0.3, -0.25) is 4.21 Å². The van der Waals surface area contributed by atoms with Crippen LogP contribution in [0.1, 0.15) is 0 Å². The van der Waals surface area contributed by atoms with Crippen molar-refractivity contribution in [2.24, 2.45) is 5.73 Å². The highest BCUT2D eigenvalue weighted by Gasteiger charge is 2.48. The standard InChI is InChI=1S/C6H13NO4S/c1-12(11)6-2(7)3(8)4(9)5(6)10/h2-6,8-10H,7H2,1H3/t2-,3+,4+,5+,6+,12+/m0/s1. The van der Waals surface area contributed by atoms with E-state index in [1.807, 2.05) is 0 Å². The Morgan fingerprint density at radius 3 is 1.83 bits per heavy atom. The van der Waals surface area contributed by atoms with E-state index in [0.29, 0.717) is 0 Å². The van der Waals surface area contributed by atoms with E-state index < -0.39 is 40.4 Å². The van der Waals surface area contributed by atoms with Gasteiger partial charge in [-0.1, -0.05) is 0 Å². The van der Waals surface area contributed by atoms with E-state index in [9.17, 15) is 14.4 Å².